The van der Waals surface area contributed by atoms with Gasteiger partial charge < -0.3 is 24.7 Å². The minimum Gasteiger partial charge on any atom is -0.493 e. The molecule has 0 aromatic heterocycles. The van der Waals surface area contributed by atoms with Crippen LogP contribution in [0.2, 0.25) is 10.0 Å². The monoisotopic (exact) mass is 538 g/mol. The highest BCUT2D eigenvalue weighted by molar-refractivity contribution is 6.37. The molecule has 4 rings (SSSR count). The molecule has 1 aliphatic heterocycles. The molecule has 190 valence electrons. The molecule has 2 N–H and O–H groups in total. The van der Waals surface area contributed by atoms with Crippen LogP contribution in [-0.4, -0.2) is 19.2 Å². The lowest BCUT2D eigenvalue weighted by atomic mass is 9.83. The normalized spacial score (nSPS) is 14.3. The first-order chi connectivity index (χ1) is 17.9. The Labute approximate surface area is 224 Å². The van der Waals surface area contributed by atoms with Gasteiger partial charge in [-0.25, -0.2) is 4.79 Å². The van der Waals surface area contributed by atoms with E-state index >= 15 is 0 Å². The summed E-state index contributed by atoms with van der Waals surface area (Å²) in [6.07, 6.45) is 0.835. The average molecular weight is 539 g/mol. The van der Waals surface area contributed by atoms with Crippen molar-refractivity contribution in [3.05, 3.63) is 92.8 Å². The zero-order valence-electron chi connectivity index (χ0n) is 20.2. The molecule has 1 unspecified atom stereocenters. The van der Waals surface area contributed by atoms with Crippen LogP contribution >= 0.6 is 23.2 Å². The lowest BCUT2D eigenvalue weighted by Gasteiger charge is -2.28. The average Bonchev–Trinajstić information content (AvgIpc) is 2.88. The number of rotatable bonds is 8. The molecule has 0 amide bonds. The smallest absolute Gasteiger partial charge is 0.343 e. The molecule has 0 aliphatic carbocycles. The number of nitrogens with zero attached hydrogens (tertiary/aromatic N) is 1. The molecule has 37 heavy (non-hydrogen) atoms. The highest BCUT2D eigenvalue weighted by Gasteiger charge is 2.33. The second-order valence-corrected chi connectivity index (χ2v) is 8.92. The van der Waals surface area contributed by atoms with Gasteiger partial charge in [0.05, 0.1) is 34.7 Å². The summed E-state index contributed by atoms with van der Waals surface area (Å²) in [5.41, 5.74) is 8.03. The summed E-state index contributed by atoms with van der Waals surface area (Å²) in [7, 11) is 0. The molecule has 1 aliphatic rings. The molecule has 0 radical (unpaired) electrons. The second kappa shape index (κ2) is 11.5. The molecular formula is C28H24Cl2N2O5. The summed E-state index contributed by atoms with van der Waals surface area (Å²) >= 11 is 12.4. The fourth-order valence-electron chi connectivity index (χ4n) is 4.01. The van der Waals surface area contributed by atoms with Gasteiger partial charge in [0, 0.05) is 17.2 Å². The van der Waals surface area contributed by atoms with Crippen molar-refractivity contribution in [3.63, 3.8) is 0 Å². The van der Waals surface area contributed by atoms with E-state index in [4.69, 9.17) is 47.9 Å². The molecule has 0 fully saturated rings. The molecule has 7 nitrogen and oxygen atoms in total. The summed E-state index contributed by atoms with van der Waals surface area (Å²) < 4.78 is 22.7. The van der Waals surface area contributed by atoms with Crippen molar-refractivity contribution < 1.29 is 23.7 Å². The quantitative estimate of drug-likeness (QED) is 0.254. The van der Waals surface area contributed by atoms with E-state index in [1.807, 2.05) is 31.2 Å². The van der Waals surface area contributed by atoms with Gasteiger partial charge in [-0.3, -0.25) is 0 Å². The van der Waals surface area contributed by atoms with Crippen molar-refractivity contribution in [1.82, 2.24) is 0 Å². The standard InChI is InChI=1S/C28H24Cl2N2O5/c1-3-11-35-23-8-6-5-7-18(23)25-19-10-9-17(14-24(19)37-27(32)20(25)15-31)36-28(33)16-12-21(29)26(34-4-2)22(30)13-16/h5-10,12-14,25H,3-4,11,32H2,1-2H3. The van der Waals surface area contributed by atoms with Crippen molar-refractivity contribution in [2.75, 3.05) is 13.2 Å². The second-order valence-electron chi connectivity index (χ2n) is 8.10. The molecule has 0 bridgehead atoms. The van der Waals surface area contributed by atoms with Gasteiger partial charge in [-0.05, 0) is 37.6 Å². The van der Waals surface area contributed by atoms with Crippen LogP contribution in [0.25, 0.3) is 0 Å². The van der Waals surface area contributed by atoms with Crippen molar-refractivity contribution in [1.29, 1.82) is 5.26 Å². The lowest BCUT2D eigenvalue weighted by molar-refractivity contribution is 0.0734. The van der Waals surface area contributed by atoms with Gasteiger partial charge in [-0.2, -0.15) is 5.26 Å². The number of ether oxygens (including phenoxy) is 4. The van der Waals surface area contributed by atoms with Crippen LogP contribution in [0, 0.1) is 11.3 Å². The summed E-state index contributed by atoms with van der Waals surface area (Å²) in [4.78, 5) is 12.8. The van der Waals surface area contributed by atoms with Gasteiger partial charge >= 0.3 is 5.97 Å². The Morgan fingerprint density at radius 1 is 1.05 bits per heavy atom. The molecule has 3 aromatic carbocycles. The maximum absolute atomic E-state index is 12.8. The van der Waals surface area contributed by atoms with E-state index in [0.29, 0.717) is 36.0 Å². The maximum Gasteiger partial charge on any atom is 0.343 e. The van der Waals surface area contributed by atoms with Crippen LogP contribution in [0.3, 0.4) is 0 Å². The fraction of sp³-hybridized carbons (Fsp3) is 0.214. The zero-order chi connectivity index (χ0) is 26.5. The predicted molar refractivity (Wildman–Crippen MR) is 141 cm³/mol. The molecule has 1 heterocycles. The van der Waals surface area contributed by atoms with Gasteiger partial charge in [-0.15, -0.1) is 0 Å². The Morgan fingerprint density at radius 3 is 2.46 bits per heavy atom. The van der Waals surface area contributed by atoms with Gasteiger partial charge in [0.15, 0.2) is 5.75 Å². The third kappa shape index (κ3) is 5.46. The van der Waals surface area contributed by atoms with E-state index < -0.39 is 11.9 Å². The largest absolute Gasteiger partial charge is 0.493 e. The first kappa shape index (κ1) is 26.2. The van der Waals surface area contributed by atoms with E-state index in [2.05, 4.69) is 6.07 Å². The van der Waals surface area contributed by atoms with Gasteiger partial charge in [0.2, 0.25) is 5.88 Å². The van der Waals surface area contributed by atoms with Gasteiger partial charge in [0.1, 0.15) is 28.9 Å². The summed E-state index contributed by atoms with van der Waals surface area (Å²) in [5.74, 6) is 0.317. The molecule has 9 heteroatoms. The van der Waals surface area contributed by atoms with Crippen LogP contribution in [0.1, 0.15) is 47.7 Å². The molecule has 3 aromatic rings. The highest BCUT2D eigenvalue weighted by Crippen LogP contribution is 2.46. The minimum absolute atomic E-state index is 0.0288. The lowest BCUT2D eigenvalue weighted by Crippen LogP contribution is -2.21. The number of hydrogen-bond donors (Lipinski definition) is 1. The Kier molecular flexibility index (Phi) is 8.12. The molecule has 0 saturated heterocycles. The first-order valence-electron chi connectivity index (χ1n) is 11.6. The fourth-order valence-corrected chi connectivity index (χ4v) is 4.60. The van der Waals surface area contributed by atoms with Crippen molar-refractivity contribution in [2.45, 2.75) is 26.2 Å². The number of allylic oxidation sites excluding steroid dienone is 1. The number of esters is 1. The molecular weight excluding hydrogens is 515 g/mol. The number of halogens is 2. The van der Waals surface area contributed by atoms with E-state index in [9.17, 15) is 10.1 Å². The van der Waals surface area contributed by atoms with Crippen LogP contribution in [0.15, 0.2) is 66.1 Å². The number of carbonyl (C=O) groups is 1. The first-order valence-corrected chi connectivity index (χ1v) is 12.4. The van der Waals surface area contributed by atoms with E-state index in [-0.39, 0.29) is 32.8 Å². The predicted octanol–water partition coefficient (Wildman–Crippen LogP) is 6.62. The number of nitrogens with two attached hydrogens (primary N) is 1. The molecule has 0 spiro atoms. The van der Waals surface area contributed by atoms with Crippen LogP contribution in [-0.2, 0) is 0 Å². The number of benzene rings is 3. The molecule has 0 saturated carbocycles. The Hall–Kier alpha value is -3.86. The maximum atomic E-state index is 12.8. The number of fused-ring (bicyclic) bond motifs is 1. The van der Waals surface area contributed by atoms with Crippen LogP contribution < -0.4 is 24.7 Å². The van der Waals surface area contributed by atoms with E-state index in [1.54, 1.807) is 25.1 Å². The van der Waals surface area contributed by atoms with Crippen LogP contribution in [0.4, 0.5) is 0 Å². The number of para-hydroxylation sites is 1. The van der Waals surface area contributed by atoms with E-state index in [0.717, 1.165) is 12.0 Å². The van der Waals surface area contributed by atoms with Crippen LogP contribution in [0.5, 0.6) is 23.0 Å². The zero-order valence-corrected chi connectivity index (χ0v) is 21.7. The third-order valence-corrected chi connectivity index (χ3v) is 6.18. The summed E-state index contributed by atoms with van der Waals surface area (Å²) in [6.45, 7) is 4.72. The number of nitriles is 1. The van der Waals surface area contributed by atoms with Gasteiger partial charge in [-0.1, -0.05) is 54.4 Å². The highest BCUT2D eigenvalue weighted by atomic mass is 35.5. The van der Waals surface area contributed by atoms with Crippen molar-refractivity contribution in [2.24, 2.45) is 5.73 Å². The summed E-state index contributed by atoms with van der Waals surface area (Å²) in [6, 6.07) is 17.4. The summed E-state index contributed by atoms with van der Waals surface area (Å²) in [5, 5.41) is 10.3. The Bertz CT molecular complexity index is 1390. The molecule has 1 atom stereocenters. The minimum atomic E-state index is -0.668. The van der Waals surface area contributed by atoms with Crippen molar-refractivity contribution >= 4 is 29.2 Å². The third-order valence-electron chi connectivity index (χ3n) is 5.62. The SMILES string of the molecule is CCCOc1ccccc1C1C(C#N)=C(N)Oc2cc(OC(=O)c3cc(Cl)c(OCC)c(Cl)c3)ccc21. The van der Waals surface area contributed by atoms with Gasteiger partial charge in [0.25, 0.3) is 0 Å². The van der Waals surface area contributed by atoms with E-state index in [1.165, 1.54) is 12.1 Å². The number of hydrogen-bond acceptors (Lipinski definition) is 7. The number of carbonyl (C=O) groups excluding carboxylic acids is 1. The topological polar surface area (TPSA) is 104 Å². The van der Waals surface area contributed by atoms with Crippen molar-refractivity contribution in [3.8, 4) is 29.1 Å². The Balaban J connectivity index is 1.67. The Morgan fingerprint density at radius 2 is 1.78 bits per heavy atom.